The number of carbonyl (C=O) groups is 1. The normalized spacial score (nSPS) is 14.8. The number of ether oxygens (including phenoxy) is 2. The predicted molar refractivity (Wildman–Crippen MR) is 78.9 cm³/mol. The van der Waals surface area contributed by atoms with Gasteiger partial charge in [-0.25, -0.2) is 9.97 Å². The van der Waals surface area contributed by atoms with E-state index >= 15 is 0 Å². The van der Waals surface area contributed by atoms with Crippen molar-refractivity contribution >= 4 is 28.7 Å². The van der Waals surface area contributed by atoms with Crippen LogP contribution in [0, 0.1) is 0 Å². The summed E-state index contributed by atoms with van der Waals surface area (Å²) in [6, 6.07) is 5.62. The molecule has 1 aromatic carbocycles. The lowest BCUT2D eigenvalue weighted by molar-refractivity contribution is -0.286. The number of nitrogens with two attached hydrogens (primary N) is 1. The van der Waals surface area contributed by atoms with Gasteiger partial charge in [-0.15, -0.1) is 8.78 Å². The molecule has 4 rings (SSSR count). The third kappa shape index (κ3) is 2.43. The Labute approximate surface area is 132 Å². The van der Waals surface area contributed by atoms with Crippen LogP contribution < -0.4 is 20.5 Å². The molecular weight excluding hydrogens is 324 g/mol. The molecule has 8 nitrogen and oxygen atoms in total. The topological polar surface area (TPSA) is 115 Å². The van der Waals surface area contributed by atoms with Crippen molar-refractivity contribution in [2.45, 2.75) is 6.29 Å². The number of alkyl halides is 2. The summed E-state index contributed by atoms with van der Waals surface area (Å²) in [7, 11) is 0. The lowest BCUT2D eigenvalue weighted by Crippen LogP contribution is -2.25. The maximum atomic E-state index is 13.0. The molecule has 0 fully saturated rings. The fourth-order valence-electron chi connectivity index (χ4n) is 2.23. The van der Waals surface area contributed by atoms with Gasteiger partial charge in [-0.05, 0) is 12.1 Å². The van der Waals surface area contributed by atoms with Crippen molar-refractivity contribution in [3.63, 3.8) is 0 Å². The van der Waals surface area contributed by atoms with Crippen LogP contribution in [-0.4, -0.2) is 27.2 Å². The number of imidazole rings is 1. The van der Waals surface area contributed by atoms with Crippen LogP contribution in [0.3, 0.4) is 0 Å². The van der Waals surface area contributed by atoms with Crippen molar-refractivity contribution in [1.29, 1.82) is 0 Å². The molecule has 4 N–H and O–H groups in total. The maximum Gasteiger partial charge on any atom is 0.586 e. The molecule has 0 bridgehead atoms. The molecule has 0 saturated heterocycles. The molecule has 0 spiro atoms. The third-order valence-corrected chi connectivity index (χ3v) is 3.29. The summed E-state index contributed by atoms with van der Waals surface area (Å²) < 4.78 is 34.7. The van der Waals surface area contributed by atoms with Gasteiger partial charge in [0.25, 0.3) is 5.91 Å². The van der Waals surface area contributed by atoms with Gasteiger partial charge in [0.05, 0.1) is 16.6 Å². The van der Waals surface area contributed by atoms with Crippen LogP contribution in [0.4, 0.5) is 20.5 Å². The number of hydrogen-bond acceptors (Lipinski definition) is 6. The number of amides is 1. The molecule has 0 unspecified atom stereocenters. The van der Waals surface area contributed by atoms with Crippen LogP contribution in [0.1, 0.15) is 10.4 Å². The predicted octanol–water partition coefficient (Wildman–Crippen LogP) is 2.11. The number of anilines is 2. The zero-order valence-electron chi connectivity index (χ0n) is 11.8. The Balaban J connectivity index is 1.60. The molecule has 1 amide bonds. The molecule has 0 aliphatic carbocycles. The lowest BCUT2D eigenvalue weighted by atomic mass is 10.2. The van der Waals surface area contributed by atoms with Gasteiger partial charge in [0.15, 0.2) is 11.5 Å². The van der Waals surface area contributed by atoms with E-state index in [1.165, 1.54) is 30.5 Å². The zero-order chi connectivity index (χ0) is 16.9. The molecule has 0 radical (unpaired) electrons. The Kier molecular flexibility index (Phi) is 2.82. The summed E-state index contributed by atoms with van der Waals surface area (Å²) in [4.78, 5) is 22.8. The number of nitrogens with one attached hydrogen (secondary N) is 2. The molecule has 1 aliphatic heterocycles. The van der Waals surface area contributed by atoms with Crippen molar-refractivity contribution in [3.8, 4) is 11.5 Å². The molecule has 10 heteroatoms. The number of carbonyl (C=O) groups excluding carboxylic acids is 1. The van der Waals surface area contributed by atoms with E-state index in [4.69, 9.17) is 5.73 Å². The van der Waals surface area contributed by atoms with Gasteiger partial charge in [-0.1, -0.05) is 0 Å². The number of benzene rings is 1. The largest absolute Gasteiger partial charge is 0.586 e. The quantitative estimate of drug-likeness (QED) is 0.661. The first-order valence-electron chi connectivity index (χ1n) is 6.72. The summed E-state index contributed by atoms with van der Waals surface area (Å²) in [5, 5.41) is 2.54. The van der Waals surface area contributed by atoms with Crippen LogP contribution in [0.25, 0.3) is 11.0 Å². The number of nitrogens with zero attached hydrogens (tertiary/aromatic N) is 2. The molecule has 0 atom stereocenters. The summed E-state index contributed by atoms with van der Waals surface area (Å²) in [6.07, 6.45) is -2.37. The minimum absolute atomic E-state index is 0.114. The highest BCUT2D eigenvalue weighted by molar-refractivity contribution is 6.03. The van der Waals surface area contributed by atoms with Crippen molar-refractivity contribution in [1.82, 2.24) is 15.0 Å². The average Bonchev–Trinajstić information content (AvgIpc) is 3.01. The van der Waals surface area contributed by atoms with E-state index in [2.05, 4.69) is 29.7 Å². The second-order valence-electron chi connectivity index (χ2n) is 4.99. The lowest BCUT2D eigenvalue weighted by Gasteiger charge is -2.04. The van der Waals surface area contributed by atoms with Gasteiger partial charge < -0.3 is 20.2 Å². The van der Waals surface area contributed by atoms with E-state index in [1.54, 1.807) is 0 Å². The Morgan fingerprint density at radius 3 is 2.71 bits per heavy atom. The Morgan fingerprint density at radius 2 is 2.00 bits per heavy atom. The van der Waals surface area contributed by atoms with Crippen LogP contribution in [0.2, 0.25) is 0 Å². The number of H-pyrrole nitrogens is 1. The number of nitrogen functional groups attached to an aromatic ring is 1. The van der Waals surface area contributed by atoms with E-state index in [-0.39, 0.29) is 17.4 Å². The molecule has 0 saturated carbocycles. The van der Waals surface area contributed by atoms with Crippen molar-refractivity contribution in [2.75, 3.05) is 11.1 Å². The van der Waals surface area contributed by atoms with Gasteiger partial charge in [-0.2, -0.15) is 0 Å². The SMILES string of the molecule is Nc1ccc(C(=O)Nc2nc3cc4c(cc3[nH]2)OC(F)(F)O4)cn1. The molecule has 1 aliphatic rings. The summed E-state index contributed by atoms with van der Waals surface area (Å²) in [6.45, 7) is 0. The first-order valence-corrected chi connectivity index (χ1v) is 6.72. The summed E-state index contributed by atoms with van der Waals surface area (Å²) in [5.74, 6) is -0.256. The molecule has 3 heterocycles. The van der Waals surface area contributed by atoms with E-state index in [9.17, 15) is 13.6 Å². The first kappa shape index (κ1) is 14.2. The Hall–Kier alpha value is -3.43. The number of rotatable bonds is 2. The van der Waals surface area contributed by atoms with Crippen LogP contribution in [0.5, 0.6) is 11.5 Å². The van der Waals surface area contributed by atoms with E-state index in [0.717, 1.165) is 0 Å². The molecule has 122 valence electrons. The standard InChI is InChI=1S/C14H9F2N5O3/c15-14(16)23-9-3-7-8(4-10(9)24-14)20-13(19-7)21-12(22)6-1-2-11(17)18-5-6/h1-5H,(H2,17,18)(H2,19,20,21,22). The van der Waals surface area contributed by atoms with Gasteiger partial charge >= 0.3 is 6.29 Å². The summed E-state index contributed by atoms with van der Waals surface area (Å²) >= 11 is 0. The number of aromatic amines is 1. The second kappa shape index (κ2) is 4.78. The number of hydrogen-bond donors (Lipinski definition) is 3. The van der Waals surface area contributed by atoms with E-state index in [1.807, 2.05) is 0 Å². The van der Waals surface area contributed by atoms with Crippen LogP contribution in [0.15, 0.2) is 30.5 Å². The minimum Gasteiger partial charge on any atom is -0.395 e. The first-order chi connectivity index (χ1) is 11.4. The zero-order valence-corrected chi connectivity index (χ0v) is 11.8. The maximum absolute atomic E-state index is 13.0. The fourth-order valence-corrected chi connectivity index (χ4v) is 2.23. The average molecular weight is 333 g/mol. The summed E-state index contributed by atoms with van der Waals surface area (Å²) in [5.41, 5.74) is 6.49. The van der Waals surface area contributed by atoms with Crippen LogP contribution in [-0.2, 0) is 0 Å². The highest BCUT2D eigenvalue weighted by Gasteiger charge is 2.43. The molecular formula is C14H9F2N5O3. The minimum atomic E-state index is -3.69. The highest BCUT2D eigenvalue weighted by atomic mass is 19.3. The number of halogens is 2. The number of pyridine rings is 1. The molecule has 3 aromatic rings. The van der Waals surface area contributed by atoms with Gasteiger partial charge in [0.2, 0.25) is 5.95 Å². The molecule has 2 aromatic heterocycles. The second-order valence-corrected chi connectivity index (χ2v) is 4.99. The highest BCUT2D eigenvalue weighted by Crippen LogP contribution is 2.42. The third-order valence-electron chi connectivity index (χ3n) is 3.29. The Bertz CT molecular complexity index is 910. The van der Waals surface area contributed by atoms with Gasteiger partial charge in [0, 0.05) is 18.3 Å². The van der Waals surface area contributed by atoms with Crippen molar-refractivity contribution in [3.05, 3.63) is 36.0 Å². The fraction of sp³-hybridized carbons (Fsp3) is 0.0714. The smallest absolute Gasteiger partial charge is 0.395 e. The molecule has 24 heavy (non-hydrogen) atoms. The Morgan fingerprint density at radius 1 is 1.25 bits per heavy atom. The van der Waals surface area contributed by atoms with Crippen LogP contribution >= 0.6 is 0 Å². The van der Waals surface area contributed by atoms with E-state index < -0.39 is 12.2 Å². The monoisotopic (exact) mass is 333 g/mol. The number of aromatic nitrogens is 3. The van der Waals surface area contributed by atoms with Crippen molar-refractivity contribution < 1.29 is 23.0 Å². The van der Waals surface area contributed by atoms with Gasteiger partial charge in [0.1, 0.15) is 5.82 Å². The van der Waals surface area contributed by atoms with Crippen molar-refractivity contribution in [2.24, 2.45) is 0 Å². The van der Waals surface area contributed by atoms with Gasteiger partial charge in [-0.3, -0.25) is 10.1 Å². The van der Waals surface area contributed by atoms with E-state index in [0.29, 0.717) is 22.4 Å². The number of fused-ring (bicyclic) bond motifs is 2.